The molecule has 1 unspecified atom stereocenters. The van der Waals surface area contributed by atoms with Gasteiger partial charge in [-0.3, -0.25) is 14.5 Å². The monoisotopic (exact) mass is 485 g/mol. The number of anilines is 1. The fraction of sp³-hybridized carbons (Fsp3) is 0.286. The minimum Gasteiger partial charge on any atom is -0.490 e. The van der Waals surface area contributed by atoms with E-state index in [9.17, 15) is 9.59 Å². The van der Waals surface area contributed by atoms with Crippen LogP contribution >= 0.6 is 0 Å². The quantitative estimate of drug-likeness (QED) is 0.297. The topological polar surface area (TPSA) is 94.8 Å². The van der Waals surface area contributed by atoms with Crippen molar-refractivity contribution in [3.05, 3.63) is 88.0 Å². The molecule has 0 saturated heterocycles. The van der Waals surface area contributed by atoms with Crippen molar-refractivity contribution < 1.29 is 18.7 Å². The predicted octanol–water partition coefficient (Wildman–Crippen LogP) is 5.30. The Kier molecular flexibility index (Phi) is 6.66. The molecule has 0 aliphatic carbocycles. The summed E-state index contributed by atoms with van der Waals surface area (Å²) >= 11 is 0. The lowest BCUT2D eigenvalue weighted by Crippen LogP contribution is -2.31. The number of rotatable bonds is 9. The average molecular weight is 486 g/mol. The number of ether oxygens (including phenoxy) is 2. The van der Waals surface area contributed by atoms with Gasteiger partial charge in [-0.2, -0.15) is 0 Å². The molecule has 8 heteroatoms. The third-order valence-corrected chi connectivity index (χ3v) is 6.13. The summed E-state index contributed by atoms with van der Waals surface area (Å²) in [5.41, 5.74) is 1.02. The lowest BCUT2D eigenvalue weighted by Gasteiger charge is -2.24. The van der Waals surface area contributed by atoms with E-state index in [1.807, 2.05) is 25.1 Å². The number of benzene rings is 2. The summed E-state index contributed by atoms with van der Waals surface area (Å²) in [5, 5.41) is 0.408. The van der Waals surface area contributed by atoms with Crippen LogP contribution in [0, 0.1) is 0 Å². The van der Waals surface area contributed by atoms with Gasteiger partial charge in [0, 0.05) is 12.4 Å². The van der Waals surface area contributed by atoms with Crippen LogP contribution in [0.2, 0.25) is 0 Å². The van der Waals surface area contributed by atoms with E-state index in [0.717, 1.165) is 19.3 Å². The van der Waals surface area contributed by atoms with Gasteiger partial charge in [0.25, 0.3) is 5.91 Å². The number of para-hydroxylation sites is 1. The molecule has 0 radical (unpaired) electrons. The van der Waals surface area contributed by atoms with Gasteiger partial charge in [0.2, 0.25) is 11.7 Å². The highest BCUT2D eigenvalue weighted by Crippen LogP contribution is 2.42. The van der Waals surface area contributed by atoms with Crippen LogP contribution in [-0.4, -0.2) is 29.1 Å². The molecule has 2 aromatic carbocycles. The van der Waals surface area contributed by atoms with E-state index in [1.165, 1.54) is 4.90 Å². The van der Waals surface area contributed by atoms with Gasteiger partial charge in [-0.15, -0.1) is 0 Å². The van der Waals surface area contributed by atoms with Gasteiger partial charge in [0.05, 0.1) is 30.2 Å². The Morgan fingerprint density at radius 1 is 0.944 bits per heavy atom. The van der Waals surface area contributed by atoms with Gasteiger partial charge < -0.3 is 13.9 Å². The van der Waals surface area contributed by atoms with E-state index in [1.54, 1.807) is 42.7 Å². The highest BCUT2D eigenvalue weighted by molar-refractivity contribution is 6.09. The average Bonchev–Trinajstić information content (AvgIpc) is 3.20. The molecule has 2 aromatic heterocycles. The van der Waals surface area contributed by atoms with E-state index in [0.29, 0.717) is 41.2 Å². The molecule has 1 atom stereocenters. The number of nitrogens with zero attached hydrogens (tertiary/aromatic N) is 3. The maximum Gasteiger partial charge on any atom is 0.297 e. The molecule has 0 N–H and O–H groups in total. The first-order chi connectivity index (χ1) is 17.6. The zero-order valence-corrected chi connectivity index (χ0v) is 20.3. The summed E-state index contributed by atoms with van der Waals surface area (Å²) in [5.74, 6) is 0.872. The van der Waals surface area contributed by atoms with Crippen LogP contribution in [0.3, 0.4) is 0 Å². The maximum absolute atomic E-state index is 13.7. The second kappa shape index (κ2) is 10.2. The van der Waals surface area contributed by atoms with Crippen LogP contribution < -0.4 is 19.8 Å². The molecule has 8 nitrogen and oxygen atoms in total. The van der Waals surface area contributed by atoms with E-state index < -0.39 is 11.9 Å². The first-order valence-electron chi connectivity index (χ1n) is 12.2. The predicted molar refractivity (Wildman–Crippen MR) is 136 cm³/mol. The first-order valence-corrected chi connectivity index (χ1v) is 12.2. The summed E-state index contributed by atoms with van der Waals surface area (Å²) in [6.45, 7) is 5.06. The summed E-state index contributed by atoms with van der Waals surface area (Å²) < 4.78 is 17.8. The molecular formula is C28H27N3O5. The zero-order valence-electron chi connectivity index (χ0n) is 20.3. The van der Waals surface area contributed by atoms with Crippen molar-refractivity contribution in [3.63, 3.8) is 0 Å². The van der Waals surface area contributed by atoms with Gasteiger partial charge in [-0.05, 0) is 49.2 Å². The molecular weight excluding hydrogens is 458 g/mol. The smallest absolute Gasteiger partial charge is 0.297 e. The van der Waals surface area contributed by atoms with Gasteiger partial charge in [-0.25, -0.2) is 9.97 Å². The number of aromatic nitrogens is 2. The van der Waals surface area contributed by atoms with Crippen molar-refractivity contribution in [2.75, 3.05) is 18.1 Å². The Labute approximate surface area is 208 Å². The molecule has 0 fully saturated rings. The molecule has 3 heterocycles. The Hall–Kier alpha value is -4.20. The number of carbonyl (C=O) groups excluding carboxylic acids is 1. The highest BCUT2D eigenvalue weighted by Gasteiger charge is 2.45. The molecule has 0 bridgehead atoms. The number of hydrogen-bond acceptors (Lipinski definition) is 7. The second-order valence-electron chi connectivity index (χ2n) is 8.49. The molecule has 0 spiro atoms. The van der Waals surface area contributed by atoms with Crippen LogP contribution in [0.1, 0.15) is 60.8 Å². The number of unbranched alkanes of at least 4 members (excludes halogenated alkanes) is 2. The van der Waals surface area contributed by atoms with Gasteiger partial charge >= 0.3 is 0 Å². The van der Waals surface area contributed by atoms with Crippen molar-refractivity contribution in [3.8, 4) is 11.5 Å². The summed E-state index contributed by atoms with van der Waals surface area (Å²) in [4.78, 5) is 37.3. The zero-order chi connectivity index (χ0) is 25.1. The molecule has 184 valence electrons. The van der Waals surface area contributed by atoms with Crippen molar-refractivity contribution in [2.24, 2.45) is 0 Å². The molecule has 1 amide bonds. The van der Waals surface area contributed by atoms with Crippen molar-refractivity contribution in [1.29, 1.82) is 0 Å². The van der Waals surface area contributed by atoms with Crippen molar-refractivity contribution >= 4 is 22.8 Å². The van der Waals surface area contributed by atoms with Gasteiger partial charge in [0.15, 0.2) is 16.9 Å². The molecule has 1 aliphatic heterocycles. The van der Waals surface area contributed by atoms with Crippen LogP contribution in [0.15, 0.2) is 70.1 Å². The standard InChI is InChI=1S/C28H27N3O5/c1-3-5-8-16-35-21-13-12-18(17-22(21)34-4-2)24-23-25(32)19-10-6-7-11-20(19)36-26(23)27(33)31(24)28-29-14-9-15-30-28/h6-7,9-15,17,24H,3-5,8,16H2,1-2H3. The third-order valence-electron chi connectivity index (χ3n) is 6.13. The number of hydrogen-bond donors (Lipinski definition) is 0. The molecule has 1 aliphatic rings. The largest absolute Gasteiger partial charge is 0.490 e. The summed E-state index contributed by atoms with van der Waals surface area (Å²) in [7, 11) is 0. The normalized spacial score (nSPS) is 14.8. The van der Waals surface area contributed by atoms with Crippen LogP contribution in [0.25, 0.3) is 11.0 Å². The third kappa shape index (κ3) is 4.19. The lowest BCUT2D eigenvalue weighted by atomic mass is 9.98. The van der Waals surface area contributed by atoms with Crippen LogP contribution in [-0.2, 0) is 0 Å². The second-order valence-corrected chi connectivity index (χ2v) is 8.49. The first kappa shape index (κ1) is 23.5. The Balaban J connectivity index is 1.66. The Morgan fingerprint density at radius 2 is 1.75 bits per heavy atom. The van der Waals surface area contributed by atoms with Gasteiger partial charge in [0.1, 0.15) is 5.58 Å². The SMILES string of the molecule is CCCCCOc1ccc(C2c3c(oc4ccccc4c3=O)C(=O)N2c2ncccn2)cc1OCC. The number of carbonyl (C=O) groups is 1. The maximum atomic E-state index is 13.7. The molecule has 4 aromatic rings. The fourth-order valence-electron chi connectivity index (χ4n) is 4.47. The Morgan fingerprint density at radius 3 is 2.53 bits per heavy atom. The number of fused-ring (bicyclic) bond motifs is 2. The number of amides is 1. The fourth-order valence-corrected chi connectivity index (χ4v) is 4.47. The minimum absolute atomic E-state index is 0.00555. The Bertz CT molecular complexity index is 1450. The summed E-state index contributed by atoms with van der Waals surface area (Å²) in [6, 6.07) is 13.3. The van der Waals surface area contributed by atoms with Crippen molar-refractivity contribution in [1.82, 2.24) is 9.97 Å². The van der Waals surface area contributed by atoms with Crippen molar-refractivity contribution in [2.45, 2.75) is 39.2 Å². The van der Waals surface area contributed by atoms with E-state index >= 15 is 0 Å². The minimum atomic E-state index is -0.788. The van der Waals surface area contributed by atoms with E-state index in [2.05, 4.69) is 16.9 Å². The summed E-state index contributed by atoms with van der Waals surface area (Å²) in [6.07, 6.45) is 6.24. The molecule has 5 rings (SSSR count). The van der Waals surface area contributed by atoms with E-state index in [4.69, 9.17) is 13.9 Å². The van der Waals surface area contributed by atoms with E-state index in [-0.39, 0.29) is 22.7 Å². The molecule has 0 saturated carbocycles. The van der Waals surface area contributed by atoms with Crippen LogP contribution in [0.5, 0.6) is 11.5 Å². The van der Waals surface area contributed by atoms with Crippen LogP contribution in [0.4, 0.5) is 5.95 Å². The molecule has 36 heavy (non-hydrogen) atoms. The van der Waals surface area contributed by atoms with Gasteiger partial charge in [-0.1, -0.05) is 38.0 Å². The lowest BCUT2D eigenvalue weighted by molar-refractivity contribution is 0.0969. The highest BCUT2D eigenvalue weighted by atomic mass is 16.5.